The van der Waals surface area contributed by atoms with Crippen molar-refractivity contribution in [3.05, 3.63) is 63.9 Å². The molecule has 3 aromatic rings. The Kier molecular flexibility index (Phi) is 9.44. The standard InChI is InChI=1S/C27H28BrN3O7S/c1-37-31(20-8-3-2-4-9-20)27(36)30-12-10-17(11-13-30)15-29-19-7-5-6-18(14-19)24-22(28)23(38-16-21(32)33)25(39-24)26(34)35/h2-9,14,17,29H,10-13,15-16H2,1H3,(H,32,33)(H,34,35). The van der Waals surface area contributed by atoms with Crippen molar-refractivity contribution in [1.82, 2.24) is 4.90 Å². The van der Waals surface area contributed by atoms with Crippen molar-refractivity contribution in [2.24, 2.45) is 5.92 Å². The first-order chi connectivity index (χ1) is 18.8. The van der Waals surface area contributed by atoms with Crippen molar-refractivity contribution >= 4 is 56.6 Å². The van der Waals surface area contributed by atoms with E-state index < -0.39 is 18.5 Å². The molecular weight excluding hydrogens is 590 g/mol. The third-order valence-corrected chi connectivity index (χ3v) is 8.52. The van der Waals surface area contributed by atoms with E-state index in [4.69, 9.17) is 14.7 Å². The van der Waals surface area contributed by atoms with Crippen molar-refractivity contribution in [3.8, 4) is 16.2 Å². The Morgan fingerprint density at radius 2 is 1.82 bits per heavy atom. The fraction of sp³-hybridized carbons (Fsp3) is 0.296. The molecule has 1 aromatic heterocycles. The maximum Gasteiger partial charge on any atom is 0.349 e. The number of likely N-dealkylation sites (tertiary alicyclic amines) is 1. The number of nitrogens with zero attached hydrogens (tertiary/aromatic N) is 2. The van der Waals surface area contributed by atoms with E-state index >= 15 is 0 Å². The number of hydroxylamine groups is 1. The molecule has 3 N–H and O–H groups in total. The van der Waals surface area contributed by atoms with Crippen LogP contribution in [0.25, 0.3) is 10.4 Å². The van der Waals surface area contributed by atoms with Crippen LogP contribution in [0.5, 0.6) is 5.75 Å². The zero-order valence-corrected chi connectivity index (χ0v) is 23.5. The molecule has 2 heterocycles. The molecule has 0 unspecified atom stereocenters. The zero-order chi connectivity index (χ0) is 27.9. The van der Waals surface area contributed by atoms with Crippen molar-refractivity contribution in [3.63, 3.8) is 0 Å². The fourth-order valence-electron chi connectivity index (χ4n) is 4.33. The van der Waals surface area contributed by atoms with E-state index in [-0.39, 0.29) is 16.7 Å². The average molecular weight is 619 g/mol. The number of aliphatic carboxylic acids is 1. The van der Waals surface area contributed by atoms with Gasteiger partial charge >= 0.3 is 18.0 Å². The first-order valence-corrected chi connectivity index (χ1v) is 13.8. The number of amides is 2. The molecule has 1 saturated heterocycles. The number of ether oxygens (including phenoxy) is 1. The SMILES string of the molecule is CON(C(=O)N1CCC(CNc2cccc(-c3sc(C(=O)O)c(OCC(=O)O)c3Br)c2)CC1)c1ccccc1. The highest BCUT2D eigenvalue weighted by Gasteiger charge is 2.28. The zero-order valence-electron chi connectivity index (χ0n) is 21.1. The van der Waals surface area contributed by atoms with Crippen molar-refractivity contribution in [2.45, 2.75) is 12.8 Å². The summed E-state index contributed by atoms with van der Waals surface area (Å²) in [6.07, 6.45) is 1.68. The highest BCUT2D eigenvalue weighted by Crippen LogP contribution is 2.46. The molecule has 0 atom stereocenters. The monoisotopic (exact) mass is 617 g/mol. The molecule has 0 bridgehead atoms. The van der Waals surface area contributed by atoms with E-state index in [1.807, 2.05) is 54.6 Å². The largest absolute Gasteiger partial charge is 0.479 e. The Balaban J connectivity index is 1.37. The molecule has 2 aromatic carbocycles. The van der Waals surface area contributed by atoms with Crippen LogP contribution < -0.4 is 15.1 Å². The van der Waals surface area contributed by atoms with Gasteiger partial charge in [-0.25, -0.2) is 14.4 Å². The minimum Gasteiger partial charge on any atom is -0.479 e. The van der Waals surface area contributed by atoms with Crippen LogP contribution >= 0.6 is 27.3 Å². The molecule has 1 aliphatic heterocycles. The molecule has 1 fully saturated rings. The summed E-state index contributed by atoms with van der Waals surface area (Å²) in [4.78, 5) is 43.3. The summed E-state index contributed by atoms with van der Waals surface area (Å²) in [5, 5.41) is 23.3. The van der Waals surface area contributed by atoms with Gasteiger partial charge in [0.1, 0.15) is 0 Å². The molecule has 0 spiro atoms. The number of benzene rings is 2. The second-order valence-corrected chi connectivity index (χ2v) is 10.7. The van der Waals surface area contributed by atoms with Crippen LogP contribution in [-0.4, -0.2) is 66.4 Å². The number of carboxylic acids is 2. The van der Waals surface area contributed by atoms with E-state index in [0.29, 0.717) is 34.0 Å². The number of carboxylic acid groups (broad SMARTS) is 2. The van der Waals surface area contributed by atoms with Gasteiger partial charge in [-0.2, -0.15) is 5.06 Å². The Bertz CT molecular complexity index is 1330. The normalized spacial score (nSPS) is 13.6. The Labute approximate surface area is 237 Å². The molecule has 2 amide bonds. The van der Waals surface area contributed by atoms with Gasteiger partial charge in [-0.15, -0.1) is 11.3 Å². The molecule has 0 saturated carbocycles. The molecule has 1 aliphatic rings. The number of para-hydroxylation sites is 1. The molecular formula is C27H28BrN3O7S. The second-order valence-electron chi connectivity index (χ2n) is 8.88. The van der Waals surface area contributed by atoms with Gasteiger partial charge in [0, 0.05) is 25.3 Å². The summed E-state index contributed by atoms with van der Waals surface area (Å²) in [5.41, 5.74) is 2.32. The van der Waals surface area contributed by atoms with Crippen molar-refractivity contribution < 1.29 is 34.2 Å². The number of carbonyl (C=O) groups is 3. The fourth-order valence-corrected chi connectivity index (χ4v) is 6.22. The maximum absolute atomic E-state index is 13.0. The van der Waals surface area contributed by atoms with E-state index in [2.05, 4.69) is 21.2 Å². The maximum atomic E-state index is 13.0. The topological polar surface area (TPSA) is 129 Å². The highest BCUT2D eigenvalue weighted by molar-refractivity contribution is 9.10. The van der Waals surface area contributed by atoms with E-state index in [0.717, 1.165) is 42.0 Å². The quantitative estimate of drug-likeness (QED) is 0.249. The minimum atomic E-state index is -1.19. The van der Waals surface area contributed by atoms with Gasteiger partial charge in [0.15, 0.2) is 17.2 Å². The van der Waals surface area contributed by atoms with E-state index in [1.165, 1.54) is 12.2 Å². The second kappa shape index (κ2) is 13.0. The van der Waals surface area contributed by atoms with Crippen LogP contribution in [0.2, 0.25) is 0 Å². The Hall–Kier alpha value is -3.61. The molecule has 10 nitrogen and oxygen atoms in total. The number of thiophene rings is 1. The van der Waals surface area contributed by atoms with Crippen LogP contribution in [0.1, 0.15) is 22.5 Å². The molecule has 39 heavy (non-hydrogen) atoms. The molecule has 4 rings (SSSR count). The number of halogens is 1. The first-order valence-electron chi connectivity index (χ1n) is 12.2. The van der Waals surface area contributed by atoms with Crippen LogP contribution in [0.3, 0.4) is 0 Å². The summed E-state index contributed by atoms with van der Waals surface area (Å²) in [5.74, 6) is -2.01. The number of nitrogens with one attached hydrogen (secondary N) is 1. The van der Waals surface area contributed by atoms with Gasteiger partial charge in [-0.1, -0.05) is 30.3 Å². The van der Waals surface area contributed by atoms with Gasteiger partial charge in [-0.05, 0) is 64.5 Å². The van der Waals surface area contributed by atoms with Gasteiger partial charge in [0.25, 0.3) is 0 Å². The number of piperidine rings is 1. The number of anilines is 2. The summed E-state index contributed by atoms with van der Waals surface area (Å²) in [7, 11) is 1.48. The van der Waals surface area contributed by atoms with Crippen molar-refractivity contribution in [2.75, 3.05) is 43.7 Å². The number of carbonyl (C=O) groups excluding carboxylic acids is 1. The third-order valence-electron chi connectivity index (χ3n) is 6.29. The first kappa shape index (κ1) is 28.4. The summed E-state index contributed by atoms with van der Waals surface area (Å²) in [6, 6.07) is 16.6. The van der Waals surface area contributed by atoms with Gasteiger partial charge in [0.05, 0.1) is 22.1 Å². The Morgan fingerprint density at radius 1 is 1.10 bits per heavy atom. The third kappa shape index (κ3) is 6.88. The molecule has 0 radical (unpaired) electrons. The van der Waals surface area contributed by atoms with Gasteiger partial charge in [0.2, 0.25) is 0 Å². The predicted octanol–water partition coefficient (Wildman–Crippen LogP) is 5.65. The average Bonchev–Trinajstić information content (AvgIpc) is 3.28. The van der Waals surface area contributed by atoms with Gasteiger partial charge < -0.3 is 25.2 Å². The number of hydrogen-bond donors (Lipinski definition) is 3. The number of aromatic carboxylic acids is 1. The number of hydrogen-bond acceptors (Lipinski definition) is 7. The van der Waals surface area contributed by atoms with Gasteiger partial charge in [-0.3, -0.25) is 4.84 Å². The lowest BCUT2D eigenvalue weighted by Crippen LogP contribution is -2.47. The summed E-state index contributed by atoms with van der Waals surface area (Å²) in [6.45, 7) is 1.32. The van der Waals surface area contributed by atoms with Crippen LogP contribution in [0.15, 0.2) is 59.1 Å². The van der Waals surface area contributed by atoms with Crippen LogP contribution in [0, 0.1) is 5.92 Å². The highest BCUT2D eigenvalue weighted by atomic mass is 79.9. The minimum absolute atomic E-state index is 0.00359. The lowest BCUT2D eigenvalue weighted by atomic mass is 9.97. The smallest absolute Gasteiger partial charge is 0.349 e. The molecule has 12 heteroatoms. The van der Waals surface area contributed by atoms with Crippen LogP contribution in [0.4, 0.5) is 16.2 Å². The predicted molar refractivity (Wildman–Crippen MR) is 152 cm³/mol. The van der Waals surface area contributed by atoms with E-state index in [1.54, 1.807) is 4.90 Å². The lowest BCUT2D eigenvalue weighted by molar-refractivity contribution is -0.139. The Morgan fingerprint density at radius 3 is 2.46 bits per heavy atom. The summed E-state index contributed by atoms with van der Waals surface area (Å²) >= 11 is 4.41. The van der Waals surface area contributed by atoms with Crippen LogP contribution in [-0.2, 0) is 9.63 Å². The molecule has 0 aliphatic carbocycles. The van der Waals surface area contributed by atoms with Crippen molar-refractivity contribution in [1.29, 1.82) is 0 Å². The van der Waals surface area contributed by atoms with E-state index in [9.17, 15) is 19.5 Å². The number of rotatable bonds is 10. The lowest BCUT2D eigenvalue weighted by Gasteiger charge is -2.35. The summed E-state index contributed by atoms with van der Waals surface area (Å²) < 4.78 is 5.65. The molecule has 206 valence electrons. The number of urea groups is 1.